The molecule has 0 spiro atoms. The lowest BCUT2D eigenvalue weighted by molar-refractivity contribution is -0.145. The van der Waals surface area contributed by atoms with Crippen molar-refractivity contribution in [3.05, 3.63) is 28.2 Å². The van der Waals surface area contributed by atoms with Gasteiger partial charge >= 0.3 is 5.97 Å². The number of carboxylic acids is 1. The summed E-state index contributed by atoms with van der Waals surface area (Å²) in [6.45, 7) is 0.612. The fourth-order valence-corrected chi connectivity index (χ4v) is 3.20. The molecule has 1 saturated heterocycles. The molecule has 0 unspecified atom stereocenters. The van der Waals surface area contributed by atoms with Crippen LogP contribution < -0.4 is 4.74 Å². The second-order valence-corrected chi connectivity index (χ2v) is 6.88. The topological polar surface area (TPSA) is 87.2 Å². The quantitative estimate of drug-likeness (QED) is 0.797. The third-order valence-corrected chi connectivity index (χ3v) is 4.94. The molecule has 7 nitrogen and oxygen atoms in total. The van der Waals surface area contributed by atoms with Crippen molar-refractivity contribution >= 4 is 33.7 Å². The van der Waals surface area contributed by atoms with Gasteiger partial charge in [-0.2, -0.15) is 0 Å². The largest absolute Gasteiger partial charge is 0.497 e. The van der Waals surface area contributed by atoms with Crippen molar-refractivity contribution in [1.82, 2.24) is 9.80 Å². The summed E-state index contributed by atoms with van der Waals surface area (Å²) < 4.78 is 5.74. The minimum absolute atomic E-state index is 0.102. The SMILES string of the molecule is COc1ccc(Br)c(C(=O)N(C)CC(=O)N2CCC[C@H](C(=O)O)C2)c1. The Bertz CT molecular complexity index is 679. The second kappa shape index (κ2) is 8.33. The van der Waals surface area contributed by atoms with E-state index in [9.17, 15) is 14.4 Å². The lowest BCUT2D eigenvalue weighted by Crippen LogP contribution is -2.46. The molecular formula is C17H21BrN2O5. The summed E-state index contributed by atoms with van der Waals surface area (Å²) in [5.74, 6) is -1.44. The van der Waals surface area contributed by atoms with Crippen LogP contribution >= 0.6 is 15.9 Å². The van der Waals surface area contributed by atoms with E-state index in [0.717, 1.165) is 0 Å². The van der Waals surface area contributed by atoms with Crippen molar-refractivity contribution in [2.75, 3.05) is 33.8 Å². The van der Waals surface area contributed by atoms with Gasteiger partial charge in [-0.25, -0.2) is 0 Å². The van der Waals surface area contributed by atoms with Gasteiger partial charge in [-0.15, -0.1) is 0 Å². The van der Waals surface area contributed by atoms with Gasteiger partial charge in [0, 0.05) is 24.6 Å². The molecule has 1 aliphatic rings. The molecule has 8 heteroatoms. The predicted molar refractivity (Wildman–Crippen MR) is 94.6 cm³/mol. The molecule has 0 bridgehead atoms. The minimum Gasteiger partial charge on any atom is -0.497 e. The minimum atomic E-state index is -0.887. The van der Waals surface area contributed by atoms with E-state index < -0.39 is 11.9 Å². The molecule has 136 valence electrons. The standard InChI is InChI=1S/C17H21BrN2O5/c1-19(16(22)13-8-12(25-2)5-6-14(13)18)10-15(21)20-7-3-4-11(9-20)17(23)24/h5-6,8,11H,3-4,7,9-10H2,1-2H3,(H,23,24)/t11-/m0/s1. The molecule has 1 heterocycles. The average Bonchev–Trinajstić information content (AvgIpc) is 2.61. The average molecular weight is 413 g/mol. The molecule has 1 aromatic carbocycles. The molecule has 0 aliphatic carbocycles. The lowest BCUT2D eigenvalue weighted by Gasteiger charge is -2.32. The van der Waals surface area contributed by atoms with E-state index in [0.29, 0.717) is 35.2 Å². The highest BCUT2D eigenvalue weighted by atomic mass is 79.9. The van der Waals surface area contributed by atoms with Crippen molar-refractivity contribution in [2.24, 2.45) is 5.92 Å². The molecular weight excluding hydrogens is 392 g/mol. The summed E-state index contributed by atoms with van der Waals surface area (Å²) in [5.41, 5.74) is 0.400. The second-order valence-electron chi connectivity index (χ2n) is 6.02. The Balaban J connectivity index is 2.03. The number of nitrogens with zero attached hydrogens (tertiary/aromatic N) is 2. The van der Waals surface area contributed by atoms with Crippen LogP contribution in [0.15, 0.2) is 22.7 Å². The predicted octanol–water partition coefficient (Wildman–Crippen LogP) is 1.85. The molecule has 1 fully saturated rings. The maximum Gasteiger partial charge on any atom is 0.308 e. The number of hydrogen-bond acceptors (Lipinski definition) is 4. The number of ether oxygens (including phenoxy) is 1. The summed E-state index contributed by atoms with van der Waals surface area (Å²) in [6.07, 6.45) is 1.23. The van der Waals surface area contributed by atoms with Gasteiger partial charge in [0.15, 0.2) is 0 Å². The number of aliphatic carboxylic acids is 1. The van der Waals surface area contributed by atoms with E-state index in [-0.39, 0.29) is 24.9 Å². The molecule has 2 amide bonds. The molecule has 0 radical (unpaired) electrons. The van der Waals surface area contributed by atoms with E-state index >= 15 is 0 Å². The zero-order valence-electron chi connectivity index (χ0n) is 14.2. The van der Waals surface area contributed by atoms with Crippen LogP contribution in [0.1, 0.15) is 23.2 Å². The molecule has 1 aromatic rings. The molecule has 2 rings (SSSR count). The van der Waals surface area contributed by atoms with Crippen molar-refractivity contribution in [1.29, 1.82) is 0 Å². The Kier molecular flexibility index (Phi) is 6.41. The number of rotatable bonds is 5. The highest BCUT2D eigenvalue weighted by molar-refractivity contribution is 9.10. The van der Waals surface area contributed by atoms with Crippen molar-refractivity contribution < 1.29 is 24.2 Å². The number of piperidine rings is 1. The molecule has 1 aliphatic heterocycles. The molecule has 0 aromatic heterocycles. The van der Waals surface area contributed by atoms with E-state index in [1.54, 1.807) is 25.2 Å². The number of likely N-dealkylation sites (N-methyl/N-ethyl adjacent to an activating group) is 1. The van der Waals surface area contributed by atoms with Crippen molar-refractivity contribution in [2.45, 2.75) is 12.8 Å². The van der Waals surface area contributed by atoms with Crippen LogP contribution in [0, 0.1) is 5.92 Å². The van der Waals surface area contributed by atoms with Gasteiger partial charge in [-0.05, 0) is 47.0 Å². The number of carbonyl (C=O) groups is 3. The number of methoxy groups -OCH3 is 1. The van der Waals surface area contributed by atoms with E-state index in [1.165, 1.54) is 16.9 Å². The third kappa shape index (κ3) is 4.72. The van der Waals surface area contributed by atoms with Gasteiger partial charge in [0.05, 0.1) is 25.1 Å². The summed E-state index contributed by atoms with van der Waals surface area (Å²) >= 11 is 3.33. The number of benzene rings is 1. The monoisotopic (exact) mass is 412 g/mol. The van der Waals surface area contributed by atoms with E-state index in [2.05, 4.69) is 15.9 Å². The normalized spacial score (nSPS) is 17.1. The Morgan fingerprint density at radius 2 is 2.12 bits per heavy atom. The van der Waals surface area contributed by atoms with Gasteiger partial charge < -0.3 is 19.6 Å². The summed E-state index contributed by atoms with van der Waals surface area (Å²) in [5, 5.41) is 9.12. The first kappa shape index (κ1) is 19.2. The Morgan fingerprint density at radius 1 is 1.40 bits per heavy atom. The maximum absolute atomic E-state index is 12.6. The fraction of sp³-hybridized carbons (Fsp3) is 0.471. The first-order chi connectivity index (χ1) is 11.8. The first-order valence-corrected chi connectivity index (χ1v) is 8.72. The van der Waals surface area contributed by atoms with Gasteiger partial charge in [0.25, 0.3) is 5.91 Å². The van der Waals surface area contributed by atoms with Crippen LogP contribution in [-0.4, -0.2) is 66.5 Å². The number of carboxylic acid groups (broad SMARTS) is 1. The summed E-state index contributed by atoms with van der Waals surface area (Å²) in [6, 6.07) is 5.05. The van der Waals surface area contributed by atoms with Crippen LogP contribution in [0.2, 0.25) is 0 Å². The van der Waals surface area contributed by atoms with Gasteiger partial charge in [0.1, 0.15) is 5.75 Å². The molecule has 0 saturated carbocycles. The summed E-state index contributed by atoms with van der Waals surface area (Å²) in [4.78, 5) is 39.0. The van der Waals surface area contributed by atoms with Crippen LogP contribution in [0.25, 0.3) is 0 Å². The fourth-order valence-electron chi connectivity index (χ4n) is 2.78. The van der Waals surface area contributed by atoms with E-state index in [4.69, 9.17) is 9.84 Å². The van der Waals surface area contributed by atoms with Gasteiger partial charge in [0.2, 0.25) is 5.91 Å². The molecule has 1 atom stereocenters. The van der Waals surface area contributed by atoms with Crippen LogP contribution in [0.3, 0.4) is 0 Å². The zero-order valence-corrected chi connectivity index (χ0v) is 15.8. The van der Waals surface area contributed by atoms with Gasteiger partial charge in [-0.1, -0.05) is 0 Å². The Hall–Kier alpha value is -2.09. The highest BCUT2D eigenvalue weighted by Crippen LogP contribution is 2.24. The van der Waals surface area contributed by atoms with Crippen LogP contribution in [0.5, 0.6) is 5.75 Å². The molecule has 25 heavy (non-hydrogen) atoms. The highest BCUT2D eigenvalue weighted by Gasteiger charge is 2.29. The number of halogens is 1. The van der Waals surface area contributed by atoms with Crippen LogP contribution in [-0.2, 0) is 9.59 Å². The lowest BCUT2D eigenvalue weighted by atomic mass is 9.98. The number of carbonyl (C=O) groups excluding carboxylic acids is 2. The van der Waals surface area contributed by atoms with Crippen molar-refractivity contribution in [3.8, 4) is 5.75 Å². The maximum atomic E-state index is 12.6. The zero-order chi connectivity index (χ0) is 18.6. The smallest absolute Gasteiger partial charge is 0.308 e. The number of likely N-dealkylation sites (tertiary alicyclic amines) is 1. The first-order valence-electron chi connectivity index (χ1n) is 7.93. The van der Waals surface area contributed by atoms with E-state index in [1.807, 2.05) is 0 Å². The third-order valence-electron chi connectivity index (χ3n) is 4.25. The number of hydrogen-bond donors (Lipinski definition) is 1. The Morgan fingerprint density at radius 3 is 2.76 bits per heavy atom. The van der Waals surface area contributed by atoms with Crippen LogP contribution in [0.4, 0.5) is 0 Å². The number of amides is 2. The van der Waals surface area contributed by atoms with Gasteiger partial charge in [-0.3, -0.25) is 14.4 Å². The molecule has 1 N–H and O–H groups in total. The van der Waals surface area contributed by atoms with Crippen molar-refractivity contribution in [3.63, 3.8) is 0 Å². The summed E-state index contributed by atoms with van der Waals surface area (Å²) in [7, 11) is 3.06. The Labute approximate surface area is 154 Å².